The zero-order valence-corrected chi connectivity index (χ0v) is 10.5. The van der Waals surface area contributed by atoms with Crippen molar-refractivity contribution >= 4 is 5.91 Å². The smallest absolute Gasteiger partial charge is 0.225 e. The van der Waals surface area contributed by atoms with Crippen LogP contribution < -0.4 is 5.32 Å². The van der Waals surface area contributed by atoms with Gasteiger partial charge in [0.2, 0.25) is 5.91 Å². The van der Waals surface area contributed by atoms with E-state index in [9.17, 15) is 4.79 Å². The maximum atomic E-state index is 12.3. The summed E-state index contributed by atoms with van der Waals surface area (Å²) in [5.41, 5.74) is -0.189. The van der Waals surface area contributed by atoms with Gasteiger partial charge >= 0.3 is 0 Å². The lowest BCUT2D eigenvalue weighted by Crippen LogP contribution is -2.55. The molecule has 0 spiro atoms. The summed E-state index contributed by atoms with van der Waals surface area (Å²) in [4.78, 5) is 14.2. The van der Waals surface area contributed by atoms with Crippen LogP contribution in [0.25, 0.3) is 0 Å². The van der Waals surface area contributed by atoms with Crippen molar-refractivity contribution in [2.75, 3.05) is 32.8 Å². The summed E-state index contributed by atoms with van der Waals surface area (Å²) in [5.74, 6) is 0.969. The number of hydrogen-bond acceptors (Lipinski definition) is 3. The Hall–Kier alpha value is -0.610. The Kier molecular flexibility index (Phi) is 3.22. The Morgan fingerprint density at radius 1 is 1.50 bits per heavy atom. The van der Waals surface area contributed by atoms with Gasteiger partial charge in [-0.1, -0.05) is 6.92 Å². The molecule has 1 unspecified atom stereocenters. The van der Waals surface area contributed by atoms with Crippen LogP contribution in [0.3, 0.4) is 0 Å². The molecule has 0 aliphatic carbocycles. The van der Waals surface area contributed by atoms with Gasteiger partial charge in [0.05, 0.1) is 12.2 Å². The summed E-state index contributed by atoms with van der Waals surface area (Å²) in [6.07, 6.45) is 0. The molecule has 2 rings (SSSR count). The highest BCUT2D eigenvalue weighted by Crippen LogP contribution is 2.22. The molecular weight excluding hydrogens is 204 g/mol. The number of morpholine rings is 1. The molecule has 1 atom stereocenters. The summed E-state index contributed by atoms with van der Waals surface area (Å²) in [6, 6.07) is 0. The average molecular weight is 226 g/mol. The molecule has 4 heteroatoms. The highest BCUT2D eigenvalue weighted by atomic mass is 16.5. The third kappa shape index (κ3) is 2.38. The van der Waals surface area contributed by atoms with Crippen molar-refractivity contribution in [2.45, 2.75) is 26.4 Å². The molecule has 2 fully saturated rings. The van der Waals surface area contributed by atoms with Crippen LogP contribution in [-0.2, 0) is 9.53 Å². The lowest BCUT2D eigenvalue weighted by Gasteiger charge is -2.41. The van der Waals surface area contributed by atoms with Crippen LogP contribution in [0.5, 0.6) is 0 Å². The molecule has 2 heterocycles. The SMILES string of the molecule is CC(C(=O)N1CCOC(C)(C)C1)C1CNC1. The fourth-order valence-corrected chi connectivity index (χ4v) is 2.36. The number of nitrogens with zero attached hydrogens (tertiary/aromatic N) is 1. The number of rotatable bonds is 2. The zero-order chi connectivity index (χ0) is 11.8. The van der Waals surface area contributed by atoms with Crippen LogP contribution in [0, 0.1) is 11.8 Å². The topological polar surface area (TPSA) is 41.6 Å². The quantitative estimate of drug-likeness (QED) is 0.744. The third-order valence-electron chi connectivity index (χ3n) is 3.65. The first-order valence-corrected chi connectivity index (χ1v) is 6.13. The van der Waals surface area contributed by atoms with Crippen LogP contribution in [-0.4, -0.2) is 49.2 Å². The number of carbonyl (C=O) groups is 1. The van der Waals surface area contributed by atoms with E-state index in [1.165, 1.54) is 0 Å². The third-order valence-corrected chi connectivity index (χ3v) is 3.65. The molecule has 2 saturated heterocycles. The standard InChI is InChI=1S/C12H22N2O2/c1-9(10-6-13-7-10)11(15)14-4-5-16-12(2,3)8-14/h9-10,13H,4-8H2,1-3H3. The predicted molar refractivity (Wildman–Crippen MR) is 62.1 cm³/mol. The van der Waals surface area contributed by atoms with Gasteiger partial charge in [-0.25, -0.2) is 0 Å². The fraction of sp³-hybridized carbons (Fsp3) is 0.917. The van der Waals surface area contributed by atoms with Crippen molar-refractivity contribution < 1.29 is 9.53 Å². The Balaban J connectivity index is 1.93. The van der Waals surface area contributed by atoms with Crippen LogP contribution >= 0.6 is 0 Å². The first kappa shape index (κ1) is 11.9. The largest absolute Gasteiger partial charge is 0.372 e. The average Bonchev–Trinajstić information content (AvgIpc) is 2.12. The molecule has 0 aromatic heterocycles. The van der Waals surface area contributed by atoms with Crippen LogP contribution in [0.4, 0.5) is 0 Å². The van der Waals surface area contributed by atoms with Gasteiger partial charge in [0.1, 0.15) is 0 Å². The zero-order valence-electron chi connectivity index (χ0n) is 10.5. The minimum Gasteiger partial charge on any atom is -0.372 e. The molecule has 0 aromatic carbocycles. The monoisotopic (exact) mass is 226 g/mol. The minimum atomic E-state index is -0.189. The van der Waals surface area contributed by atoms with E-state index >= 15 is 0 Å². The highest BCUT2D eigenvalue weighted by molar-refractivity contribution is 5.79. The molecule has 2 aliphatic heterocycles. The summed E-state index contributed by atoms with van der Waals surface area (Å²) in [5, 5.41) is 3.22. The summed E-state index contributed by atoms with van der Waals surface area (Å²) in [6.45, 7) is 10.2. The number of hydrogen-bond donors (Lipinski definition) is 1. The lowest BCUT2D eigenvalue weighted by atomic mass is 9.87. The minimum absolute atomic E-state index is 0.148. The van der Waals surface area contributed by atoms with Crippen LogP contribution in [0.15, 0.2) is 0 Å². The van der Waals surface area contributed by atoms with Crippen molar-refractivity contribution in [3.8, 4) is 0 Å². The van der Waals surface area contributed by atoms with Crippen molar-refractivity contribution in [1.29, 1.82) is 0 Å². The summed E-state index contributed by atoms with van der Waals surface area (Å²) >= 11 is 0. The molecule has 16 heavy (non-hydrogen) atoms. The molecule has 0 radical (unpaired) electrons. The Morgan fingerprint density at radius 2 is 2.19 bits per heavy atom. The van der Waals surface area contributed by atoms with E-state index in [0.717, 1.165) is 26.2 Å². The fourth-order valence-electron chi connectivity index (χ4n) is 2.36. The van der Waals surface area contributed by atoms with E-state index in [1.807, 2.05) is 18.7 Å². The molecule has 0 saturated carbocycles. The van der Waals surface area contributed by atoms with Gasteiger partial charge in [-0.15, -0.1) is 0 Å². The van der Waals surface area contributed by atoms with Gasteiger partial charge in [-0.2, -0.15) is 0 Å². The first-order valence-electron chi connectivity index (χ1n) is 6.13. The molecule has 1 amide bonds. The van der Waals surface area contributed by atoms with Crippen molar-refractivity contribution in [1.82, 2.24) is 10.2 Å². The summed E-state index contributed by atoms with van der Waals surface area (Å²) < 4.78 is 5.62. The Morgan fingerprint density at radius 3 is 2.69 bits per heavy atom. The summed E-state index contributed by atoms with van der Waals surface area (Å²) in [7, 11) is 0. The highest BCUT2D eigenvalue weighted by Gasteiger charge is 2.35. The Labute approximate surface area is 97.3 Å². The van der Waals surface area contributed by atoms with Crippen molar-refractivity contribution in [3.63, 3.8) is 0 Å². The van der Waals surface area contributed by atoms with E-state index in [2.05, 4.69) is 12.2 Å². The van der Waals surface area contributed by atoms with E-state index in [-0.39, 0.29) is 11.5 Å². The number of nitrogens with one attached hydrogen (secondary N) is 1. The van der Waals surface area contributed by atoms with Gasteiger partial charge in [0.15, 0.2) is 0 Å². The molecule has 0 aromatic rings. The number of carbonyl (C=O) groups excluding carboxylic acids is 1. The van der Waals surface area contributed by atoms with E-state index in [1.54, 1.807) is 0 Å². The normalized spacial score (nSPS) is 27.3. The van der Waals surface area contributed by atoms with Gasteiger partial charge in [-0.05, 0) is 32.9 Å². The molecule has 4 nitrogen and oxygen atoms in total. The second-order valence-corrected chi connectivity index (χ2v) is 5.57. The van der Waals surface area contributed by atoms with E-state index < -0.39 is 0 Å². The number of amides is 1. The molecular formula is C12H22N2O2. The van der Waals surface area contributed by atoms with Gasteiger partial charge in [0.25, 0.3) is 0 Å². The second-order valence-electron chi connectivity index (χ2n) is 5.57. The van der Waals surface area contributed by atoms with Crippen LogP contribution in [0.2, 0.25) is 0 Å². The maximum absolute atomic E-state index is 12.3. The number of ether oxygens (including phenoxy) is 1. The van der Waals surface area contributed by atoms with E-state index in [0.29, 0.717) is 18.4 Å². The Bertz CT molecular complexity index is 274. The second kappa shape index (κ2) is 4.34. The molecule has 92 valence electrons. The van der Waals surface area contributed by atoms with Crippen LogP contribution in [0.1, 0.15) is 20.8 Å². The first-order chi connectivity index (χ1) is 7.49. The molecule has 2 aliphatic rings. The van der Waals surface area contributed by atoms with E-state index in [4.69, 9.17) is 4.74 Å². The predicted octanol–water partition coefficient (Wildman–Crippen LogP) is 0.479. The van der Waals surface area contributed by atoms with Crippen molar-refractivity contribution in [3.05, 3.63) is 0 Å². The van der Waals surface area contributed by atoms with Gasteiger partial charge in [-0.3, -0.25) is 4.79 Å². The molecule has 0 bridgehead atoms. The van der Waals surface area contributed by atoms with Gasteiger partial charge < -0.3 is 15.0 Å². The van der Waals surface area contributed by atoms with Gasteiger partial charge in [0, 0.05) is 19.0 Å². The molecule has 1 N–H and O–H groups in total. The lowest BCUT2D eigenvalue weighted by molar-refractivity contribution is -0.151. The van der Waals surface area contributed by atoms with Crippen molar-refractivity contribution in [2.24, 2.45) is 11.8 Å². The maximum Gasteiger partial charge on any atom is 0.225 e.